The molecule has 1 saturated carbocycles. The lowest BCUT2D eigenvalue weighted by molar-refractivity contribution is -0.151. The van der Waals surface area contributed by atoms with Crippen molar-refractivity contribution in [3.05, 3.63) is 0 Å². The first kappa shape index (κ1) is 16.5. The number of hydrogen-bond acceptors (Lipinski definition) is 4. The zero-order chi connectivity index (χ0) is 15.1. The highest BCUT2D eigenvalue weighted by atomic mass is 16.5. The molecule has 0 heterocycles. The van der Waals surface area contributed by atoms with E-state index in [0.29, 0.717) is 0 Å². The number of carbonyl (C=O) groups is 3. The first-order valence-electron chi connectivity index (χ1n) is 7.08. The number of amides is 2. The van der Waals surface area contributed by atoms with Crippen molar-refractivity contribution >= 4 is 17.8 Å². The Balaban J connectivity index is 2.30. The van der Waals surface area contributed by atoms with E-state index in [1.165, 1.54) is 12.0 Å². The second-order valence-corrected chi connectivity index (χ2v) is 5.25. The van der Waals surface area contributed by atoms with Gasteiger partial charge in [-0.25, -0.2) is 4.79 Å². The van der Waals surface area contributed by atoms with Crippen molar-refractivity contribution in [3.63, 3.8) is 0 Å². The van der Waals surface area contributed by atoms with Gasteiger partial charge < -0.3 is 15.0 Å². The van der Waals surface area contributed by atoms with Crippen LogP contribution in [0.25, 0.3) is 0 Å². The van der Waals surface area contributed by atoms with Gasteiger partial charge in [0.1, 0.15) is 6.04 Å². The molecule has 0 radical (unpaired) electrons. The highest BCUT2D eigenvalue weighted by molar-refractivity contribution is 5.87. The molecule has 1 aliphatic rings. The van der Waals surface area contributed by atoms with E-state index in [1.54, 1.807) is 14.0 Å². The van der Waals surface area contributed by atoms with Crippen LogP contribution >= 0.6 is 0 Å². The van der Waals surface area contributed by atoms with Crippen LogP contribution in [0.4, 0.5) is 0 Å². The fourth-order valence-corrected chi connectivity index (χ4v) is 2.31. The highest BCUT2D eigenvalue weighted by Crippen LogP contribution is 2.17. The second-order valence-electron chi connectivity index (χ2n) is 5.25. The van der Waals surface area contributed by atoms with E-state index in [0.717, 1.165) is 25.7 Å². The lowest BCUT2D eigenvalue weighted by Crippen LogP contribution is -2.41. The normalized spacial score (nSPS) is 16.6. The van der Waals surface area contributed by atoms with E-state index in [4.69, 9.17) is 0 Å². The molecule has 0 spiro atoms. The molecule has 1 rings (SSSR count). The summed E-state index contributed by atoms with van der Waals surface area (Å²) in [5, 5.41) is 2.94. The van der Waals surface area contributed by atoms with Gasteiger partial charge in [0.2, 0.25) is 11.8 Å². The largest absolute Gasteiger partial charge is 0.467 e. The fourth-order valence-electron chi connectivity index (χ4n) is 2.31. The molecule has 1 aliphatic carbocycles. The Morgan fingerprint density at radius 3 is 2.40 bits per heavy atom. The first-order chi connectivity index (χ1) is 9.45. The molecule has 6 heteroatoms. The van der Waals surface area contributed by atoms with E-state index >= 15 is 0 Å². The van der Waals surface area contributed by atoms with Crippen molar-refractivity contribution in [2.45, 2.75) is 57.5 Å². The number of nitrogens with one attached hydrogen (secondary N) is 1. The predicted octanol–water partition coefficient (Wildman–Crippen LogP) is 0.845. The van der Waals surface area contributed by atoms with Gasteiger partial charge in [-0.3, -0.25) is 9.59 Å². The van der Waals surface area contributed by atoms with E-state index < -0.39 is 12.0 Å². The number of nitrogens with zero attached hydrogens (tertiary/aromatic N) is 1. The Kier molecular flexibility index (Phi) is 6.48. The third kappa shape index (κ3) is 4.83. The Hall–Kier alpha value is -1.59. The van der Waals surface area contributed by atoms with Crippen LogP contribution in [0.3, 0.4) is 0 Å². The van der Waals surface area contributed by atoms with Crippen LogP contribution in [0.1, 0.15) is 45.4 Å². The first-order valence-corrected chi connectivity index (χ1v) is 7.08. The summed E-state index contributed by atoms with van der Waals surface area (Å²) in [4.78, 5) is 36.2. The third-order valence-corrected chi connectivity index (χ3v) is 3.80. The van der Waals surface area contributed by atoms with E-state index in [2.05, 4.69) is 10.1 Å². The minimum atomic E-state index is -0.634. The van der Waals surface area contributed by atoms with Crippen molar-refractivity contribution in [1.29, 1.82) is 0 Å². The Morgan fingerprint density at radius 1 is 1.25 bits per heavy atom. The van der Waals surface area contributed by atoms with Gasteiger partial charge in [0.05, 0.1) is 7.11 Å². The van der Waals surface area contributed by atoms with Gasteiger partial charge in [-0.2, -0.15) is 0 Å². The van der Waals surface area contributed by atoms with Crippen molar-refractivity contribution < 1.29 is 19.1 Å². The van der Waals surface area contributed by atoms with Gasteiger partial charge in [0.15, 0.2) is 0 Å². The van der Waals surface area contributed by atoms with Crippen molar-refractivity contribution in [3.8, 4) is 0 Å². The fraction of sp³-hybridized carbons (Fsp3) is 0.786. The van der Waals surface area contributed by atoms with Crippen LogP contribution in [-0.2, 0) is 19.1 Å². The third-order valence-electron chi connectivity index (χ3n) is 3.80. The van der Waals surface area contributed by atoms with Crippen LogP contribution in [0.2, 0.25) is 0 Å². The predicted molar refractivity (Wildman–Crippen MR) is 73.9 cm³/mol. The number of esters is 1. The molecule has 0 unspecified atom stereocenters. The molecule has 1 fully saturated rings. The summed E-state index contributed by atoms with van der Waals surface area (Å²) in [6, 6.07) is -0.366. The summed E-state index contributed by atoms with van der Waals surface area (Å²) in [5.74, 6) is -0.787. The van der Waals surface area contributed by atoms with Crippen molar-refractivity contribution in [2.75, 3.05) is 14.2 Å². The van der Waals surface area contributed by atoms with Crippen LogP contribution < -0.4 is 5.32 Å². The number of carbonyl (C=O) groups excluding carboxylic acids is 3. The summed E-state index contributed by atoms with van der Waals surface area (Å²) in [6.45, 7) is 1.60. The quantitative estimate of drug-likeness (QED) is 0.734. The standard InChI is InChI=1S/C14H24N2O4/c1-10(14(19)20-3)16(2)13(18)9-8-12(17)15-11-6-4-5-7-11/h10-11H,4-9H2,1-3H3,(H,15,17)/t10-/m0/s1. The van der Waals surface area contributed by atoms with Gasteiger partial charge >= 0.3 is 5.97 Å². The molecule has 6 nitrogen and oxygen atoms in total. The number of rotatable bonds is 6. The average molecular weight is 284 g/mol. The highest BCUT2D eigenvalue weighted by Gasteiger charge is 2.23. The molecule has 2 amide bonds. The number of hydrogen-bond donors (Lipinski definition) is 1. The van der Waals surface area contributed by atoms with Gasteiger partial charge in [-0.05, 0) is 19.8 Å². The number of methoxy groups -OCH3 is 1. The van der Waals surface area contributed by atoms with Crippen LogP contribution in [0.15, 0.2) is 0 Å². The van der Waals surface area contributed by atoms with E-state index in [-0.39, 0.29) is 30.7 Å². The molecule has 114 valence electrons. The van der Waals surface area contributed by atoms with Crippen LogP contribution in [0.5, 0.6) is 0 Å². The van der Waals surface area contributed by atoms with Gasteiger partial charge in [-0.1, -0.05) is 12.8 Å². The molecule has 0 aromatic carbocycles. The van der Waals surface area contributed by atoms with Crippen molar-refractivity contribution in [2.24, 2.45) is 0 Å². The minimum Gasteiger partial charge on any atom is -0.467 e. The lowest BCUT2D eigenvalue weighted by atomic mass is 10.2. The monoisotopic (exact) mass is 284 g/mol. The zero-order valence-corrected chi connectivity index (χ0v) is 12.5. The molecule has 0 aromatic rings. The Morgan fingerprint density at radius 2 is 1.85 bits per heavy atom. The summed E-state index contributed by atoms with van der Waals surface area (Å²) >= 11 is 0. The lowest BCUT2D eigenvalue weighted by Gasteiger charge is -2.22. The molecule has 0 bridgehead atoms. The molecule has 1 atom stereocenters. The van der Waals surface area contributed by atoms with E-state index in [1.807, 2.05) is 0 Å². The second kappa shape index (κ2) is 7.87. The molecule has 20 heavy (non-hydrogen) atoms. The summed E-state index contributed by atoms with van der Waals surface area (Å²) < 4.78 is 4.59. The topological polar surface area (TPSA) is 75.7 Å². The molecule has 0 aromatic heterocycles. The van der Waals surface area contributed by atoms with Gasteiger partial charge in [0, 0.05) is 25.9 Å². The van der Waals surface area contributed by atoms with E-state index in [9.17, 15) is 14.4 Å². The Labute approximate surface area is 119 Å². The molecular weight excluding hydrogens is 260 g/mol. The maximum absolute atomic E-state index is 11.9. The SMILES string of the molecule is COC(=O)[C@H](C)N(C)C(=O)CCC(=O)NC1CCCC1. The summed E-state index contributed by atoms with van der Waals surface area (Å²) in [5.41, 5.74) is 0. The number of likely N-dealkylation sites (N-methyl/N-ethyl adjacent to an activating group) is 1. The minimum absolute atomic E-state index is 0.0932. The summed E-state index contributed by atoms with van der Waals surface area (Å²) in [6.07, 6.45) is 4.63. The van der Waals surface area contributed by atoms with Crippen molar-refractivity contribution in [1.82, 2.24) is 10.2 Å². The average Bonchev–Trinajstić information content (AvgIpc) is 2.94. The molecule has 1 N–H and O–H groups in total. The molecule has 0 saturated heterocycles. The van der Waals surface area contributed by atoms with Crippen LogP contribution in [-0.4, -0.2) is 48.9 Å². The number of ether oxygens (including phenoxy) is 1. The maximum Gasteiger partial charge on any atom is 0.328 e. The van der Waals surface area contributed by atoms with Gasteiger partial charge in [-0.15, -0.1) is 0 Å². The van der Waals surface area contributed by atoms with Gasteiger partial charge in [0.25, 0.3) is 0 Å². The zero-order valence-electron chi connectivity index (χ0n) is 12.5. The van der Waals surface area contributed by atoms with Crippen LogP contribution in [0, 0.1) is 0 Å². The molecule has 0 aliphatic heterocycles. The Bertz CT molecular complexity index is 364. The molecular formula is C14H24N2O4. The smallest absolute Gasteiger partial charge is 0.328 e. The maximum atomic E-state index is 11.9. The summed E-state index contributed by atoms with van der Waals surface area (Å²) in [7, 11) is 2.82.